The van der Waals surface area contributed by atoms with Crippen LogP contribution in [0.4, 0.5) is 8.78 Å². The van der Waals surface area contributed by atoms with Crippen LogP contribution in [0.25, 0.3) is 0 Å². The van der Waals surface area contributed by atoms with Crippen molar-refractivity contribution in [1.82, 2.24) is 9.88 Å². The van der Waals surface area contributed by atoms with Gasteiger partial charge in [0, 0.05) is 37.0 Å². The van der Waals surface area contributed by atoms with Crippen LogP contribution in [0.5, 0.6) is 0 Å². The van der Waals surface area contributed by atoms with Gasteiger partial charge in [-0.05, 0) is 25.2 Å². The Morgan fingerprint density at radius 1 is 1.19 bits per heavy atom. The van der Waals surface area contributed by atoms with Crippen LogP contribution in [0.2, 0.25) is 0 Å². The van der Waals surface area contributed by atoms with Crippen molar-refractivity contribution < 1.29 is 13.9 Å². The van der Waals surface area contributed by atoms with Crippen molar-refractivity contribution in [2.45, 2.75) is 12.5 Å². The normalized spacial score (nSPS) is 12.6. The maximum absolute atomic E-state index is 13.6. The molecule has 1 unspecified atom stereocenters. The van der Waals surface area contributed by atoms with E-state index in [2.05, 4.69) is 4.98 Å². The highest BCUT2D eigenvalue weighted by Crippen LogP contribution is 2.19. The van der Waals surface area contributed by atoms with Crippen LogP contribution in [-0.4, -0.2) is 35.1 Å². The molecule has 0 aliphatic heterocycles. The van der Waals surface area contributed by atoms with Gasteiger partial charge in [0.25, 0.3) is 0 Å². The molecule has 0 saturated heterocycles. The van der Waals surface area contributed by atoms with Gasteiger partial charge in [0.05, 0.1) is 6.10 Å². The zero-order valence-corrected chi connectivity index (χ0v) is 11.8. The molecule has 0 aliphatic carbocycles. The highest BCUT2D eigenvalue weighted by Gasteiger charge is 2.17. The smallest absolute Gasteiger partial charge is 0.164 e. The molecule has 1 atom stereocenters. The SMILES string of the molecule is CN(CCc1ccccn1)CC(O)c1cccc(F)c1F. The number of hydrogen-bond donors (Lipinski definition) is 1. The zero-order valence-electron chi connectivity index (χ0n) is 11.8. The van der Waals surface area contributed by atoms with E-state index >= 15 is 0 Å². The molecule has 1 aromatic heterocycles. The van der Waals surface area contributed by atoms with Crippen molar-refractivity contribution in [1.29, 1.82) is 0 Å². The quantitative estimate of drug-likeness (QED) is 0.889. The number of rotatable bonds is 6. The summed E-state index contributed by atoms with van der Waals surface area (Å²) in [6, 6.07) is 9.52. The molecule has 0 radical (unpaired) electrons. The lowest BCUT2D eigenvalue weighted by Crippen LogP contribution is -2.27. The van der Waals surface area contributed by atoms with Crippen molar-refractivity contribution in [3.63, 3.8) is 0 Å². The van der Waals surface area contributed by atoms with Gasteiger partial charge in [-0.2, -0.15) is 0 Å². The lowest BCUT2D eigenvalue weighted by molar-refractivity contribution is 0.123. The van der Waals surface area contributed by atoms with Crippen LogP contribution < -0.4 is 0 Å². The van der Waals surface area contributed by atoms with Gasteiger partial charge < -0.3 is 10.0 Å². The minimum absolute atomic E-state index is 0.0142. The molecule has 5 heteroatoms. The number of benzene rings is 1. The Hall–Kier alpha value is -1.85. The van der Waals surface area contributed by atoms with Gasteiger partial charge in [-0.3, -0.25) is 4.98 Å². The first-order valence-corrected chi connectivity index (χ1v) is 6.78. The highest BCUT2D eigenvalue weighted by molar-refractivity contribution is 5.21. The third kappa shape index (κ3) is 4.31. The highest BCUT2D eigenvalue weighted by atomic mass is 19.2. The Labute approximate surface area is 122 Å². The number of pyridine rings is 1. The molecule has 1 heterocycles. The fraction of sp³-hybridized carbons (Fsp3) is 0.312. The van der Waals surface area contributed by atoms with Gasteiger partial charge in [-0.1, -0.05) is 18.2 Å². The predicted octanol–water partition coefficient (Wildman–Crippen LogP) is 2.57. The van der Waals surface area contributed by atoms with Crippen LogP contribution in [0.1, 0.15) is 17.4 Å². The predicted molar refractivity (Wildman–Crippen MR) is 76.8 cm³/mol. The summed E-state index contributed by atoms with van der Waals surface area (Å²) in [5, 5.41) is 10.0. The molecule has 0 saturated carbocycles. The molecule has 112 valence electrons. The van der Waals surface area contributed by atoms with Crippen LogP contribution >= 0.6 is 0 Å². The second-order valence-electron chi connectivity index (χ2n) is 4.99. The van der Waals surface area contributed by atoms with Crippen molar-refractivity contribution in [3.05, 3.63) is 65.5 Å². The molecule has 0 spiro atoms. The van der Waals surface area contributed by atoms with E-state index < -0.39 is 17.7 Å². The monoisotopic (exact) mass is 292 g/mol. The fourth-order valence-corrected chi connectivity index (χ4v) is 2.11. The third-order valence-corrected chi connectivity index (χ3v) is 3.30. The van der Waals surface area contributed by atoms with Crippen LogP contribution in [-0.2, 0) is 6.42 Å². The number of nitrogens with zero attached hydrogens (tertiary/aromatic N) is 2. The molecule has 21 heavy (non-hydrogen) atoms. The first-order chi connectivity index (χ1) is 10.1. The summed E-state index contributed by atoms with van der Waals surface area (Å²) in [6.45, 7) is 0.901. The van der Waals surface area contributed by atoms with Gasteiger partial charge in [0.1, 0.15) is 0 Å². The van der Waals surface area contributed by atoms with Crippen LogP contribution in [0.3, 0.4) is 0 Å². The first-order valence-electron chi connectivity index (χ1n) is 6.78. The summed E-state index contributed by atoms with van der Waals surface area (Å²) >= 11 is 0. The van der Waals surface area contributed by atoms with E-state index in [1.807, 2.05) is 30.1 Å². The van der Waals surface area contributed by atoms with Gasteiger partial charge >= 0.3 is 0 Å². The van der Waals surface area contributed by atoms with E-state index in [9.17, 15) is 13.9 Å². The van der Waals surface area contributed by atoms with Crippen molar-refractivity contribution in [3.8, 4) is 0 Å². The van der Waals surface area contributed by atoms with Crippen molar-refractivity contribution >= 4 is 0 Å². The topological polar surface area (TPSA) is 36.4 Å². The number of aliphatic hydroxyl groups excluding tert-OH is 1. The standard InChI is InChI=1S/C16H18F2N2O/c1-20(10-8-12-5-2-3-9-19-12)11-15(21)13-6-4-7-14(17)16(13)18/h2-7,9,15,21H,8,10-11H2,1H3. The molecule has 0 bridgehead atoms. The Kier molecular flexibility index (Phi) is 5.36. The summed E-state index contributed by atoms with van der Waals surface area (Å²) in [5.74, 6) is -1.93. The van der Waals surface area contributed by atoms with E-state index in [0.29, 0.717) is 6.54 Å². The number of aromatic nitrogens is 1. The summed E-state index contributed by atoms with van der Waals surface area (Å²) in [5.41, 5.74) is 0.940. The largest absolute Gasteiger partial charge is 0.387 e. The zero-order chi connectivity index (χ0) is 15.2. The second-order valence-corrected chi connectivity index (χ2v) is 4.99. The Morgan fingerprint density at radius 2 is 2.00 bits per heavy atom. The molecule has 0 aliphatic rings. The Bertz CT molecular complexity index is 578. The van der Waals surface area contributed by atoms with Gasteiger partial charge in [0.15, 0.2) is 11.6 Å². The van der Waals surface area contributed by atoms with E-state index in [4.69, 9.17) is 0 Å². The maximum Gasteiger partial charge on any atom is 0.164 e. The summed E-state index contributed by atoms with van der Waals surface area (Å²) in [7, 11) is 1.82. The molecule has 1 aromatic carbocycles. The van der Waals surface area contributed by atoms with E-state index in [-0.39, 0.29) is 12.1 Å². The lowest BCUT2D eigenvalue weighted by Gasteiger charge is -2.21. The molecular weight excluding hydrogens is 274 g/mol. The summed E-state index contributed by atoms with van der Waals surface area (Å²) in [6.07, 6.45) is 1.40. The Balaban J connectivity index is 1.90. The number of likely N-dealkylation sites (N-methyl/N-ethyl adjacent to an activating group) is 1. The number of aliphatic hydroxyl groups is 1. The Morgan fingerprint density at radius 3 is 2.71 bits per heavy atom. The van der Waals surface area contributed by atoms with E-state index in [1.165, 1.54) is 12.1 Å². The fourth-order valence-electron chi connectivity index (χ4n) is 2.11. The minimum atomic E-state index is -1.06. The van der Waals surface area contributed by atoms with E-state index in [0.717, 1.165) is 18.2 Å². The lowest BCUT2D eigenvalue weighted by atomic mass is 10.1. The average Bonchev–Trinajstić information content (AvgIpc) is 2.49. The molecule has 2 aromatic rings. The summed E-state index contributed by atoms with van der Waals surface area (Å²) < 4.78 is 26.7. The molecule has 3 nitrogen and oxygen atoms in total. The minimum Gasteiger partial charge on any atom is -0.387 e. The van der Waals surface area contributed by atoms with Crippen molar-refractivity contribution in [2.24, 2.45) is 0 Å². The first kappa shape index (κ1) is 15.5. The third-order valence-electron chi connectivity index (χ3n) is 3.30. The van der Waals surface area contributed by atoms with Crippen LogP contribution in [0.15, 0.2) is 42.6 Å². The number of hydrogen-bond acceptors (Lipinski definition) is 3. The number of halogens is 2. The van der Waals surface area contributed by atoms with Gasteiger partial charge in [0.2, 0.25) is 0 Å². The second kappa shape index (κ2) is 7.24. The van der Waals surface area contributed by atoms with Gasteiger partial charge in [-0.25, -0.2) is 8.78 Å². The molecule has 2 rings (SSSR count). The van der Waals surface area contributed by atoms with Gasteiger partial charge in [-0.15, -0.1) is 0 Å². The molecule has 0 amide bonds. The average molecular weight is 292 g/mol. The summed E-state index contributed by atoms with van der Waals surface area (Å²) in [4.78, 5) is 6.08. The molecule has 0 fully saturated rings. The van der Waals surface area contributed by atoms with E-state index in [1.54, 1.807) is 6.20 Å². The van der Waals surface area contributed by atoms with Crippen LogP contribution in [0, 0.1) is 11.6 Å². The molecular formula is C16H18F2N2O. The maximum atomic E-state index is 13.6. The van der Waals surface area contributed by atoms with Crippen molar-refractivity contribution in [2.75, 3.05) is 20.1 Å². The molecule has 1 N–H and O–H groups in total.